The Labute approximate surface area is 150 Å². The van der Waals surface area contributed by atoms with Gasteiger partial charge in [-0.3, -0.25) is 14.9 Å². The van der Waals surface area contributed by atoms with E-state index in [0.717, 1.165) is 0 Å². The molecule has 0 saturated heterocycles. The van der Waals surface area contributed by atoms with Crippen LogP contribution in [0, 0.1) is 10.1 Å². The Hall–Kier alpha value is -2.94. The fourth-order valence-corrected chi connectivity index (χ4v) is 2.53. The van der Waals surface area contributed by atoms with E-state index in [1.54, 1.807) is 24.3 Å². The number of nitrogens with one attached hydrogen (secondary N) is 1. The molecular formula is C16H12BrN3O5. The third-order valence-corrected chi connectivity index (χ3v) is 4.03. The monoisotopic (exact) mass is 405 g/mol. The van der Waals surface area contributed by atoms with E-state index >= 15 is 0 Å². The van der Waals surface area contributed by atoms with Crippen LogP contribution in [0.2, 0.25) is 0 Å². The molecule has 3 rings (SSSR count). The second kappa shape index (κ2) is 7.31. The summed E-state index contributed by atoms with van der Waals surface area (Å²) >= 11 is 3.10. The maximum atomic E-state index is 12.1. The minimum Gasteiger partial charge on any atom is -0.485 e. The molecule has 0 fully saturated rings. The van der Waals surface area contributed by atoms with Gasteiger partial charge in [0.05, 0.1) is 15.6 Å². The maximum absolute atomic E-state index is 12.1. The number of carbonyl (C=O) groups is 1. The average molecular weight is 406 g/mol. The Bertz CT molecular complexity index is 855. The Morgan fingerprint density at radius 2 is 2.08 bits per heavy atom. The van der Waals surface area contributed by atoms with E-state index in [1.807, 2.05) is 6.07 Å². The molecule has 8 nitrogen and oxygen atoms in total. The van der Waals surface area contributed by atoms with Crippen molar-refractivity contribution >= 4 is 33.7 Å². The molecule has 0 aliphatic carbocycles. The van der Waals surface area contributed by atoms with Gasteiger partial charge in [-0.1, -0.05) is 18.2 Å². The molecule has 2 aromatic carbocycles. The fraction of sp³-hybridized carbons (Fsp3) is 0.125. The summed E-state index contributed by atoms with van der Waals surface area (Å²) < 4.78 is 11.4. The average Bonchev–Trinajstić information content (AvgIpc) is 2.62. The lowest BCUT2D eigenvalue weighted by atomic mass is 10.2. The SMILES string of the molecule is O=C(N/N=C\c1ccc(Br)c([N+](=O)[O-])c1)[C@@H]1COc2ccccc2O1. The van der Waals surface area contributed by atoms with Crippen LogP contribution in [0.4, 0.5) is 5.69 Å². The van der Waals surface area contributed by atoms with Gasteiger partial charge < -0.3 is 9.47 Å². The summed E-state index contributed by atoms with van der Waals surface area (Å²) in [6.45, 7) is 0.0715. The summed E-state index contributed by atoms with van der Waals surface area (Å²) in [6.07, 6.45) is 0.487. The molecule has 9 heteroatoms. The first-order chi connectivity index (χ1) is 12.0. The molecule has 1 atom stereocenters. The number of nitro benzene ring substituents is 1. The van der Waals surface area contributed by atoms with Crippen LogP contribution >= 0.6 is 15.9 Å². The molecule has 1 N–H and O–H groups in total. The largest absolute Gasteiger partial charge is 0.485 e. The van der Waals surface area contributed by atoms with Gasteiger partial charge in [0.1, 0.15) is 6.61 Å². The second-order valence-corrected chi connectivity index (χ2v) is 5.92. The first-order valence-electron chi connectivity index (χ1n) is 7.20. The number of nitro groups is 1. The van der Waals surface area contributed by atoms with Crippen molar-refractivity contribution in [3.05, 3.63) is 62.6 Å². The molecule has 2 aromatic rings. The molecule has 0 bridgehead atoms. The van der Waals surface area contributed by atoms with Gasteiger partial charge >= 0.3 is 0 Å². The van der Waals surface area contributed by atoms with Gasteiger partial charge in [-0.2, -0.15) is 5.10 Å². The van der Waals surface area contributed by atoms with Gasteiger partial charge in [0.2, 0.25) is 6.10 Å². The molecule has 0 aromatic heterocycles. The Morgan fingerprint density at radius 1 is 1.32 bits per heavy atom. The van der Waals surface area contributed by atoms with Crippen LogP contribution < -0.4 is 14.9 Å². The molecule has 0 saturated carbocycles. The predicted molar refractivity (Wildman–Crippen MR) is 92.9 cm³/mol. The van der Waals surface area contributed by atoms with E-state index in [-0.39, 0.29) is 12.3 Å². The number of halogens is 1. The zero-order chi connectivity index (χ0) is 17.8. The van der Waals surface area contributed by atoms with Crippen molar-refractivity contribution in [1.82, 2.24) is 5.43 Å². The second-order valence-electron chi connectivity index (χ2n) is 5.07. The number of fused-ring (bicyclic) bond motifs is 1. The number of amides is 1. The Balaban J connectivity index is 1.62. The van der Waals surface area contributed by atoms with Crippen LogP contribution in [-0.4, -0.2) is 29.8 Å². The Kier molecular flexibility index (Phi) is 4.94. The van der Waals surface area contributed by atoms with E-state index in [9.17, 15) is 14.9 Å². The van der Waals surface area contributed by atoms with Gasteiger partial charge in [-0.15, -0.1) is 0 Å². The highest BCUT2D eigenvalue weighted by Crippen LogP contribution is 2.30. The zero-order valence-electron chi connectivity index (χ0n) is 12.7. The molecular weight excluding hydrogens is 394 g/mol. The molecule has 1 aliphatic heterocycles. The molecule has 1 aliphatic rings. The number of para-hydroxylation sites is 2. The van der Waals surface area contributed by atoms with Crippen LogP contribution in [0.15, 0.2) is 52.0 Å². The number of ether oxygens (including phenoxy) is 2. The highest BCUT2D eigenvalue weighted by Gasteiger charge is 2.27. The normalized spacial score (nSPS) is 15.8. The third-order valence-electron chi connectivity index (χ3n) is 3.36. The van der Waals surface area contributed by atoms with E-state index < -0.39 is 16.9 Å². The van der Waals surface area contributed by atoms with Crippen LogP contribution in [0.25, 0.3) is 0 Å². The summed E-state index contributed by atoms with van der Waals surface area (Å²) in [7, 11) is 0. The molecule has 128 valence electrons. The van der Waals surface area contributed by atoms with Crippen molar-refractivity contribution < 1.29 is 19.2 Å². The number of benzene rings is 2. The zero-order valence-corrected chi connectivity index (χ0v) is 14.3. The van der Waals surface area contributed by atoms with Crippen LogP contribution in [0.3, 0.4) is 0 Å². The molecule has 1 amide bonds. The van der Waals surface area contributed by atoms with Crippen molar-refractivity contribution in [3.8, 4) is 11.5 Å². The molecule has 25 heavy (non-hydrogen) atoms. The number of hydrogen-bond acceptors (Lipinski definition) is 6. The van der Waals surface area contributed by atoms with E-state index in [4.69, 9.17) is 9.47 Å². The Morgan fingerprint density at radius 3 is 2.84 bits per heavy atom. The quantitative estimate of drug-likeness (QED) is 0.478. The van der Waals surface area contributed by atoms with Gasteiger partial charge in [-0.25, -0.2) is 5.43 Å². The van der Waals surface area contributed by atoms with Crippen molar-refractivity contribution in [2.75, 3.05) is 6.61 Å². The van der Waals surface area contributed by atoms with Crippen molar-refractivity contribution in [2.24, 2.45) is 5.10 Å². The standard InChI is InChI=1S/C16H12BrN3O5/c17-11-6-5-10(7-12(11)20(22)23)8-18-19-16(21)15-9-24-13-3-1-2-4-14(13)25-15/h1-8,15H,9H2,(H,19,21)/b18-8-/t15-/m0/s1. The summed E-state index contributed by atoms with van der Waals surface area (Å²) in [5, 5.41) is 14.7. The summed E-state index contributed by atoms with van der Waals surface area (Å²) in [5.74, 6) is 0.594. The van der Waals surface area contributed by atoms with Crippen LogP contribution in [0.5, 0.6) is 11.5 Å². The minimum atomic E-state index is -0.827. The number of rotatable bonds is 4. The van der Waals surface area contributed by atoms with E-state index in [1.165, 1.54) is 18.3 Å². The lowest BCUT2D eigenvalue weighted by molar-refractivity contribution is -0.385. The fourth-order valence-electron chi connectivity index (χ4n) is 2.14. The smallest absolute Gasteiger partial charge is 0.284 e. The van der Waals surface area contributed by atoms with Crippen molar-refractivity contribution in [3.63, 3.8) is 0 Å². The van der Waals surface area contributed by atoms with Gasteiger partial charge in [0.15, 0.2) is 11.5 Å². The van der Waals surface area contributed by atoms with Gasteiger partial charge in [0.25, 0.3) is 11.6 Å². The maximum Gasteiger partial charge on any atom is 0.284 e. The van der Waals surface area contributed by atoms with Gasteiger partial charge in [-0.05, 0) is 34.1 Å². The number of hydrazone groups is 1. The van der Waals surface area contributed by atoms with Gasteiger partial charge in [0, 0.05) is 11.6 Å². The predicted octanol–water partition coefficient (Wildman–Crippen LogP) is 2.65. The number of hydrogen-bond donors (Lipinski definition) is 1. The lowest BCUT2D eigenvalue weighted by Gasteiger charge is -2.24. The van der Waals surface area contributed by atoms with Crippen molar-refractivity contribution in [2.45, 2.75) is 6.10 Å². The summed E-state index contributed by atoms with van der Waals surface area (Å²) in [5.41, 5.74) is 2.73. The van der Waals surface area contributed by atoms with Crippen LogP contribution in [-0.2, 0) is 4.79 Å². The highest BCUT2D eigenvalue weighted by molar-refractivity contribution is 9.10. The molecule has 0 unspecified atom stereocenters. The topological polar surface area (TPSA) is 103 Å². The molecule has 0 radical (unpaired) electrons. The van der Waals surface area contributed by atoms with Crippen LogP contribution in [0.1, 0.15) is 5.56 Å². The lowest BCUT2D eigenvalue weighted by Crippen LogP contribution is -2.42. The number of carbonyl (C=O) groups excluding carboxylic acids is 1. The summed E-state index contributed by atoms with van der Waals surface area (Å²) in [4.78, 5) is 22.5. The molecule has 0 spiro atoms. The number of nitrogens with zero attached hydrogens (tertiary/aromatic N) is 2. The first-order valence-corrected chi connectivity index (χ1v) is 7.99. The first kappa shape index (κ1) is 16.9. The summed E-state index contributed by atoms with van der Waals surface area (Å²) in [6, 6.07) is 11.6. The molecule has 1 heterocycles. The van der Waals surface area contributed by atoms with Crippen molar-refractivity contribution in [1.29, 1.82) is 0 Å². The van der Waals surface area contributed by atoms with E-state index in [2.05, 4.69) is 26.5 Å². The third kappa shape index (κ3) is 3.94. The highest BCUT2D eigenvalue weighted by atomic mass is 79.9. The minimum absolute atomic E-state index is 0.0715. The van der Waals surface area contributed by atoms with E-state index in [0.29, 0.717) is 21.5 Å².